The number of hydrogen-bond acceptors (Lipinski definition) is 3. The summed E-state index contributed by atoms with van der Waals surface area (Å²) >= 11 is 0. The molecule has 0 fully saturated rings. The van der Waals surface area contributed by atoms with Crippen molar-refractivity contribution in [2.24, 2.45) is 0 Å². The van der Waals surface area contributed by atoms with E-state index in [1.54, 1.807) is 24.1 Å². The lowest BCUT2D eigenvalue weighted by Crippen LogP contribution is -2.23. The van der Waals surface area contributed by atoms with Crippen molar-refractivity contribution in [2.45, 2.75) is 13.1 Å². The molecule has 1 amide bonds. The molecule has 0 atom stereocenters. The zero-order valence-electron chi connectivity index (χ0n) is 11.7. The van der Waals surface area contributed by atoms with Gasteiger partial charge >= 0.3 is 0 Å². The van der Waals surface area contributed by atoms with Gasteiger partial charge in [0.2, 0.25) is 0 Å². The van der Waals surface area contributed by atoms with E-state index in [2.05, 4.69) is 6.07 Å². The fourth-order valence-corrected chi connectivity index (χ4v) is 2.60. The number of rotatable bonds is 3. The fraction of sp³-hybridized carbons (Fsp3) is 0.176. The summed E-state index contributed by atoms with van der Waals surface area (Å²) in [6.45, 7) is 1.07. The zero-order valence-corrected chi connectivity index (χ0v) is 11.7. The van der Waals surface area contributed by atoms with Crippen LogP contribution >= 0.6 is 0 Å². The minimum absolute atomic E-state index is 0.0343. The van der Waals surface area contributed by atoms with Gasteiger partial charge in [0.1, 0.15) is 5.75 Å². The van der Waals surface area contributed by atoms with Crippen LogP contribution in [-0.4, -0.2) is 17.9 Å². The normalized spacial score (nSPS) is 13.0. The molecule has 0 unspecified atom stereocenters. The Morgan fingerprint density at radius 1 is 1.29 bits per heavy atom. The highest BCUT2D eigenvalue weighted by Gasteiger charge is 2.28. The van der Waals surface area contributed by atoms with E-state index < -0.39 is 0 Å². The zero-order chi connectivity index (χ0) is 14.8. The number of benzene rings is 2. The van der Waals surface area contributed by atoms with E-state index in [-0.39, 0.29) is 5.91 Å². The molecule has 2 aromatic carbocycles. The van der Waals surface area contributed by atoms with Crippen LogP contribution in [0.2, 0.25) is 0 Å². The standard InChI is InChI=1S/C17H14N2O2/c1-21-16-5-3-2-4-14(16)11-19-10-13-7-6-12(9-18)8-15(13)17(19)20/h2-8H,10-11H2,1H3. The Hall–Kier alpha value is -2.80. The first kappa shape index (κ1) is 13.2. The van der Waals surface area contributed by atoms with Gasteiger partial charge in [-0.2, -0.15) is 5.26 Å². The maximum absolute atomic E-state index is 12.4. The van der Waals surface area contributed by atoms with Crippen molar-refractivity contribution in [3.63, 3.8) is 0 Å². The van der Waals surface area contributed by atoms with Gasteiger partial charge in [0.15, 0.2) is 0 Å². The van der Waals surface area contributed by atoms with Gasteiger partial charge in [-0.3, -0.25) is 4.79 Å². The Labute approximate surface area is 123 Å². The van der Waals surface area contributed by atoms with Crippen LogP contribution in [0, 0.1) is 11.3 Å². The Morgan fingerprint density at radius 3 is 2.86 bits per heavy atom. The van der Waals surface area contributed by atoms with E-state index >= 15 is 0 Å². The Bertz CT molecular complexity index is 747. The van der Waals surface area contributed by atoms with Crippen LogP contribution in [0.1, 0.15) is 27.0 Å². The quantitative estimate of drug-likeness (QED) is 0.867. The lowest BCUT2D eigenvalue weighted by Gasteiger charge is -2.17. The number of methoxy groups -OCH3 is 1. The SMILES string of the molecule is COc1ccccc1CN1Cc2ccc(C#N)cc2C1=O. The molecule has 0 aromatic heterocycles. The number of nitriles is 1. The molecule has 0 radical (unpaired) electrons. The van der Waals surface area contributed by atoms with Gasteiger partial charge in [-0.1, -0.05) is 24.3 Å². The van der Waals surface area contributed by atoms with E-state index in [1.165, 1.54) is 0 Å². The number of carbonyl (C=O) groups is 1. The molecule has 0 saturated heterocycles. The third-order valence-electron chi connectivity index (χ3n) is 3.67. The second kappa shape index (κ2) is 5.29. The highest BCUT2D eigenvalue weighted by molar-refractivity contribution is 5.98. The Morgan fingerprint density at radius 2 is 2.10 bits per heavy atom. The van der Waals surface area contributed by atoms with E-state index in [1.807, 2.05) is 30.3 Å². The molecule has 1 aliphatic heterocycles. The highest BCUT2D eigenvalue weighted by atomic mass is 16.5. The predicted molar refractivity (Wildman–Crippen MR) is 77.7 cm³/mol. The highest BCUT2D eigenvalue weighted by Crippen LogP contribution is 2.27. The number of carbonyl (C=O) groups excluding carboxylic acids is 1. The van der Waals surface area contributed by atoms with Gasteiger partial charge in [-0.25, -0.2) is 0 Å². The molecule has 0 spiro atoms. The largest absolute Gasteiger partial charge is 0.496 e. The molecule has 4 nitrogen and oxygen atoms in total. The summed E-state index contributed by atoms with van der Waals surface area (Å²) in [6.07, 6.45) is 0. The first-order valence-electron chi connectivity index (χ1n) is 6.67. The molecule has 4 heteroatoms. The van der Waals surface area contributed by atoms with Gasteiger partial charge < -0.3 is 9.64 Å². The van der Waals surface area contributed by atoms with Crippen molar-refractivity contribution in [3.05, 3.63) is 64.7 Å². The Balaban J connectivity index is 1.87. The molecule has 3 rings (SSSR count). The number of para-hydroxylation sites is 1. The molecule has 21 heavy (non-hydrogen) atoms. The summed E-state index contributed by atoms with van der Waals surface area (Å²) in [5.41, 5.74) is 3.08. The molecule has 2 aromatic rings. The first-order valence-corrected chi connectivity index (χ1v) is 6.67. The number of fused-ring (bicyclic) bond motifs is 1. The van der Waals surface area contributed by atoms with Crippen molar-refractivity contribution in [1.82, 2.24) is 4.90 Å². The van der Waals surface area contributed by atoms with Crippen molar-refractivity contribution >= 4 is 5.91 Å². The maximum Gasteiger partial charge on any atom is 0.254 e. The fourth-order valence-electron chi connectivity index (χ4n) is 2.60. The average molecular weight is 278 g/mol. The Kier molecular flexibility index (Phi) is 3.33. The second-order valence-corrected chi connectivity index (χ2v) is 4.96. The van der Waals surface area contributed by atoms with Gasteiger partial charge in [-0.15, -0.1) is 0 Å². The van der Waals surface area contributed by atoms with Gasteiger partial charge in [-0.05, 0) is 23.8 Å². The summed E-state index contributed by atoms with van der Waals surface area (Å²) < 4.78 is 5.32. The van der Waals surface area contributed by atoms with Crippen LogP contribution < -0.4 is 4.74 Å². The van der Waals surface area contributed by atoms with Crippen molar-refractivity contribution in [2.75, 3.05) is 7.11 Å². The molecule has 0 aliphatic carbocycles. The third kappa shape index (κ3) is 2.34. The van der Waals surface area contributed by atoms with Gasteiger partial charge in [0.05, 0.1) is 18.7 Å². The molecular formula is C17H14N2O2. The van der Waals surface area contributed by atoms with Crippen LogP contribution in [0.3, 0.4) is 0 Å². The van der Waals surface area contributed by atoms with E-state index in [4.69, 9.17) is 10.00 Å². The molecule has 1 heterocycles. The van der Waals surface area contributed by atoms with Gasteiger partial charge in [0.25, 0.3) is 5.91 Å². The number of hydrogen-bond donors (Lipinski definition) is 0. The summed E-state index contributed by atoms with van der Waals surface area (Å²) in [7, 11) is 1.62. The smallest absolute Gasteiger partial charge is 0.254 e. The number of amides is 1. The molecule has 0 bridgehead atoms. The van der Waals surface area contributed by atoms with Crippen molar-refractivity contribution in [3.8, 4) is 11.8 Å². The monoisotopic (exact) mass is 278 g/mol. The summed E-state index contributed by atoms with van der Waals surface area (Å²) in [6, 6.07) is 15.0. The van der Waals surface area contributed by atoms with Crippen LogP contribution in [0.5, 0.6) is 5.75 Å². The van der Waals surface area contributed by atoms with Crippen molar-refractivity contribution in [1.29, 1.82) is 5.26 Å². The van der Waals surface area contributed by atoms with Crippen LogP contribution in [0.4, 0.5) is 0 Å². The summed E-state index contributed by atoms with van der Waals surface area (Å²) in [5, 5.41) is 8.93. The van der Waals surface area contributed by atoms with Crippen LogP contribution in [0.25, 0.3) is 0 Å². The molecule has 104 valence electrons. The number of nitrogens with zero attached hydrogens (tertiary/aromatic N) is 2. The molecule has 0 saturated carbocycles. The minimum Gasteiger partial charge on any atom is -0.496 e. The molecule has 0 N–H and O–H groups in total. The van der Waals surface area contributed by atoms with Crippen LogP contribution in [-0.2, 0) is 13.1 Å². The lowest BCUT2D eigenvalue weighted by molar-refractivity contribution is 0.0765. The first-order chi connectivity index (χ1) is 10.2. The second-order valence-electron chi connectivity index (χ2n) is 4.96. The average Bonchev–Trinajstić information content (AvgIpc) is 2.83. The van der Waals surface area contributed by atoms with E-state index in [0.29, 0.717) is 24.2 Å². The molecule has 1 aliphatic rings. The maximum atomic E-state index is 12.4. The summed E-state index contributed by atoms with van der Waals surface area (Å²) in [4.78, 5) is 14.2. The lowest BCUT2D eigenvalue weighted by atomic mass is 10.1. The predicted octanol–water partition coefficient (Wildman–Crippen LogP) is 2.72. The van der Waals surface area contributed by atoms with E-state index in [9.17, 15) is 4.79 Å². The van der Waals surface area contributed by atoms with Crippen molar-refractivity contribution < 1.29 is 9.53 Å². The van der Waals surface area contributed by atoms with Gasteiger partial charge in [0, 0.05) is 24.2 Å². The number of ether oxygens (including phenoxy) is 1. The van der Waals surface area contributed by atoms with Crippen LogP contribution in [0.15, 0.2) is 42.5 Å². The minimum atomic E-state index is -0.0343. The third-order valence-corrected chi connectivity index (χ3v) is 3.67. The molecular weight excluding hydrogens is 264 g/mol. The topological polar surface area (TPSA) is 53.3 Å². The summed E-state index contributed by atoms with van der Waals surface area (Å²) in [5.74, 6) is 0.743. The van der Waals surface area contributed by atoms with E-state index in [0.717, 1.165) is 16.9 Å².